The number of rotatable bonds is 6. The van der Waals surface area contributed by atoms with Crippen LogP contribution >= 0.6 is 0 Å². The van der Waals surface area contributed by atoms with E-state index in [1.807, 2.05) is 66.7 Å². The largest absolute Gasteiger partial charge is 0.480 e. The first-order chi connectivity index (χ1) is 14.3. The average Bonchev–Trinajstić information content (AvgIpc) is 2.78. The first-order valence-electron chi connectivity index (χ1n) is 9.17. The smallest absolute Gasteiger partial charge is 0.235 e. The number of nitrogens with zero attached hydrogens (tertiary/aromatic N) is 1. The fourth-order valence-corrected chi connectivity index (χ4v) is 3.08. The van der Waals surface area contributed by atoms with E-state index in [0.29, 0.717) is 22.4 Å². The Kier molecular flexibility index (Phi) is 5.38. The van der Waals surface area contributed by atoms with Crippen molar-refractivity contribution in [3.05, 3.63) is 101 Å². The van der Waals surface area contributed by atoms with Crippen molar-refractivity contribution in [2.75, 3.05) is 13.7 Å². The minimum absolute atomic E-state index is 0.0563. The highest BCUT2D eigenvalue weighted by Gasteiger charge is 2.18. The van der Waals surface area contributed by atoms with Gasteiger partial charge in [0.25, 0.3) is 0 Å². The molecule has 144 valence electrons. The summed E-state index contributed by atoms with van der Waals surface area (Å²) in [5, 5.41) is 4.53. The molecule has 1 heterocycles. The van der Waals surface area contributed by atoms with Crippen LogP contribution in [0.3, 0.4) is 0 Å². The van der Waals surface area contributed by atoms with E-state index in [9.17, 15) is 4.79 Å². The first kappa shape index (κ1) is 18.5. The third-order valence-corrected chi connectivity index (χ3v) is 4.45. The highest BCUT2D eigenvalue weighted by molar-refractivity contribution is 6.01. The Labute approximate surface area is 167 Å². The molecule has 0 radical (unpaired) electrons. The summed E-state index contributed by atoms with van der Waals surface area (Å²) in [5.41, 5.74) is 2.46. The fourth-order valence-electron chi connectivity index (χ4n) is 3.08. The zero-order valence-corrected chi connectivity index (χ0v) is 15.9. The van der Waals surface area contributed by atoms with Crippen molar-refractivity contribution in [1.29, 1.82) is 0 Å². The third-order valence-electron chi connectivity index (χ3n) is 4.45. The number of para-hydroxylation sites is 1. The Morgan fingerprint density at radius 3 is 2.28 bits per heavy atom. The van der Waals surface area contributed by atoms with Crippen molar-refractivity contribution < 1.29 is 14.0 Å². The molecule has 1 aromatic heterocycles. The summed E-state index contributed by atoms with van der Waals surface area (Å²) in [4.78, 5) is 18.1. The van der Waals surface area contributed by atoms with Crippen molar-refractivity contribution in [3.8, 4) is 17.1 Å². The van der Waals surface area contributed by atoms with Crippen molar-refractivity contribution >= 4 is 16.7 Å². The number of hydrogen-bond acceptors (Lipinski definition) is 5. The van der Waals surface area contributed by atoms with E-state index in [4.69, 9.17) is 14.0 Å². The van der Waals surface area contributed by atoms with Gasteiger partial charge in [-0.2, -0.15) is 0 Å². The normalized spacial score (nSPS) is 11.4. The second kappa shape index (κ2) is 8.44. The lowest BCUT2D eigenvalue weighted by molar-refractivity contribution is 0.210. The van der Waals surface area contributed by atoms with E-state index in [2.05, 4.69) is 5.16 Å². The molecule has 0 atom stereocenters. The molecule has 0 bridgehead atoms. The molecule has 0 aliphatic rings. The minimum atomic E-state index is -0.226. The molecule has 4 rings (SSSR count). The van der Waals surface area contributed by atoms with E-state index in [0.717, 1.165) is 11.1 Å². The molecule has 0 saturated carbocycles. The van der Waals surface area contributed by atoms with E-state index in [1.165, 1.54) is 7.11 Å². The summed E-state index contributed by atoms with van der Waals surface area (Å²) >= 11 is 0. The van der Waals surface area contributed by atoms with Gasteiger partial charge in [-0.3, -0.25) is 4.79 Å². The molecule has 0 unspecified atom stereocenters. The zero-order valence-electron chi connectivity index (χ0n) is 15.9. The Morgan fingerprint density at radius 2 is 1.55 bits per heavy atom. The lowest BCUT2D eigenvalue weighted by atomic mass is 10.1. The van der Waals surface area contributed by atoms with Crippen LogP contribution in [0, 0.1) is 0 Å². The van der Waals surface area contributed by atoms with E-state index < -0.39 is 0 Å². The van der Waals surface area contributed by atoms with Crippen LogP contribution in [0.25, 0.3) is 22.3 Å². The molecule has 4 aromatic rings. The minimum Gasteiger partial charge on any atom is -0.480 e. The maximum absolute atomic E-state index is 13.2. The Hall–Kier alpha value is -3.86. The van der Waals surface area contributed by atoms with Gasteiger partial charge in [0.15, 0.2) is 5.76 Å². The van der Waals surface area contributed by atoms with E-state index >= 15 is 0 Å². The van der Waals surface area contributed by atoms with Crippen LogP contribution in [0.5, 0.6) is 5.75 Å². The Morgan fingerprint density at radius 1 is 0.897 bits per heavy atom. The van der Waals surface area contributed by atoms with Gasteiger partial charge in [0.1, 0.15) is 25.0 Å². The van der Waals surface area contributed by atoms with Crippen LogP contribution in [-0.2, 0) is 4.84 Å². The lowest BCUT2D eigenvalue weighted by Crippen LogP contribution is -2.18. The van der Waals surface area contributed by atoms with Gasteiger partial charge in [-0.1, -0.05) is 78.0 Å². The van der Waals surface area contributed by atoms with Crippen LogP contribution in [0.15, 0.2) is 99.3 Å². The molecule has 0 fully saturated rings. The van der Waals surface area contributed by atoms with Crippen LogP contribution in [0.1, 0.15) is 5.56 Å². The number of fused-ring (bicyclic) bond motifs is 1. The molecular weight excluding hydrogens is 366 g/mol. The standard InChI is InChI=1S/C24H19NO4/c1-27-25-20(17-10-4-2-5-11-17)16-28-24-22(26)19-14-8-9-15-21(19)29-23(24)18-12-6-3-7-13-18/h2-15H,16H2,1H3/b25-20-. The molecular formula is C24H19NO4. The van der Waals surface area contributed by atoms with Gasteiger partial charge in [0, 0.05) is 11.1 Å². The second-order valence-corrected chi connectivity index (χ2v) is 6.33. The number of ether oxygens (including phenoxy) is 1. The number of oxime groups is 1. The summed E-state index contributed by atoms with van der Waals surface area (Å²) < 4.78 is 12.0. The van der Waals surface area contributed by atoms with Crippen LogP contribution in [0.2, 0.25) is 0 Å². The Balaban J connectivity index is 1.79. The number of hydrogen-bond donors (Lipinski definition) is 0. The highest BCUT2D eigenvalue weighted by atomic mass is 16.6. The zero-order chi connectivity index (χ0) is 20.1. The summed E-state index contributed by atoms with van der Waals surface area (Å²) in [7, 11) is 1.47. The second-order valence-electron chi connectivity index (χ2n) is 6.33. The average molecular weight is 385 g/mol. The van der Waals surface area contributed by atoms with Gasteiger partial charge in [0.05, 0.1) is 5.39 Å². The van der Waals surface area contributed by atoms with Gasteiger partial charge < -0.3 is 14.0 Å². The summed E-state index contributed by atoms with van der Waals surface area (Å²) in [5.74, 6) is 0.536. The molecule has 29 heavy (non-hydrogen) atoms. The number of benzene rings is 3. The third kappa shape index (κ3) is 3.89. The monoisotopic (exact) mass is 385 g/mol. The van der Waals surface area contributed by atoms with Crippen molar-refractivity contribution in [2.45, 2.75) is 0 Å². The fraction of sp³-hybridized carbons (Fsp3) is 0.0833. The lowest BCUT2D eigenvalue weighted by Gasteiger charge is -2.12. The molecule has 5 nitrogen and oxygen atoms in total. The van der Waals surface area contributed by atoms with Crippen LogP contribution in [-0.4, -0.2) is 19.4 Å². The predicted molar refractivity (Wildman–Crippen MR) is 113 cm³/mol. The topological polar surface area (TPSA) is 61.0 Å². The van der Waals surface area contributed by atoms with Crippen molar-refractivity contribution in [2.24, 2.45) is 5.16 Å². The van der Waals surface area contributed by atoms with E-state index in [-0.39, 0.29) is 17.8 Å². The van der Waals surface area contributed by atoms with Gasteiger partial charge in [-0.15, -0.1) is 0 Å². The van der Waals surface area contributed by atoms with Gasteiger partial charge >= 0.3 is 0 Å². The summed E-state index contributed by atoms with van der Waals surface area (Å²) in [6.45, 7) is 0.0563. The highest BCUT2D eigenvalue weighted by Crippen LogP contribution is 2.30. The quantitative estimate of drug-likeness (QED) is 0.350. The van der Waals surface area contributed by atoms with Crippen LogP contribution < -0.4 is 10.2 Å². The summed E-state index contributed by atoms with van der Waals surface area (Å²) in [6, 6.07) is 26.1. The van der Waals surface area contributed by atoms with Crippen molar-refractivity contribution in [3.63, 3.8) is 0 Å². The molecule has 0 aliphatic heterocycles. The van der Waals surface area contributed by atoms with Gasteiger partial charge in [-0.25, -0.2) is 0 Å². The van der Waals surface area contributed by atoms with E-state index in [1.54, 1.807) is 18.2 Å². The molecule has 3 aromatic carbocycles. The maximum Gasteiger partial charge on any atom is 0.235 e. The van der Waals surface area contributed by atoms with Crippen LogP contribution in [0.4, 0.5) is 0 Å². The predicted octanol–water partition coefficient (Wildman–Crippen LogP) is 4.89. The SMILES string of the molecule is CO/N=C(/COc1c(-c2ccccc2)oc2ccccc2c1=O)c1ccccc1. The molecule has 0 N–H and O–H groups in total. The van der Waals surface area contributed by atoms with Gasteiger partial charge in [-0.05, 0) is 12.1 Å². The summed E-state index contributed by atoms with van der Waals surface area (Å²) in [6.07, 6.45) is 0. The Bertz CT molecular complexity index is 1200. The van der Waals surface area contributed by atoms with Crippen molar-refractivity contribution in [1.82, 2.24) is 0 Å². The molecule has 0 aliphatic carbocycles. The first-order valence-corrected chi connectivity index (χ1v) is 9.17. The molecule has 5 heteroatoms. The molecule has 0 saturated heterocycles. The molecule has 0 spiro atoms. The van der Waals surface area contributed by atoms with Gasteiger partial charge in [0.2, 0.25) is 11.2 Å². The molecule has 0 amide bonds. The maximum atomic E-state index is 13.2.